The highest BCUT2D eigenvalue weighted by atomic mass is 14.7. The minimum Gasteiger partial charge on any atom is -0.324 e. The van der Waals surface area contributed by atoms with Gasteiger partial charge in [0.15, 0.2) is 0 Å². The van der Waals surface area contributed by atoms with Gasteiger partial charge in [0.25, 0.3) is 0 Å². The first-order valence-electron chi connectivity index (χ1n) is 7.59. The van der Waals surface area contributed by atoms with Crippen molar-refractivity contribution in [2.45, 2.75) is 31.7 Å². The van der Waals surface area contributed by atoms with Crippen molar-refractivity contribution in [1.29, 1.82) is 0 Å². The first kappa shape index (κ1) is 11.5. The molecule has 0 aromatic heterocycles. The van der Waals surface area contributed by atoms with Crippen molar-refractivity contribution in [1.82, 2.24) is 0 Å². The molecular weight excluding hydrogens is 230 g/mol. The summed E-state index contributed by atoms with van der Waals surface area (Å²) in [7, 11) is 0. The van der Waals surface area contributed by atoms with Gasteiger partial charge in [0.1, 0.15) is 0 Å². The molecule has 98 valence electrons. The van der Waals surface area contributed by atoms with Crippen molar-refractivity contribution in [3.63, 3.8) is 0 Å². The fraction of sp³-hybridized carbons (Fsp3) is 0.444. The number of hydrogen-bond donors (Lipinski definition) is 1. The summed E-state index contributed by atoms with van der Waals surface area (Å²) >= 11 is 0. The van der Waals surface area contributed by atoms with Crippen LogP contribution in [0.3, 0.4) is 0 Å². The van der Waals surface area contributed by atoms with Gasteiger partial charge < -0.3 is 5.73 Å². The summed E-state index contributed by atoms with van der Waals surface area (Å²) in [5.74, 6) is 2.58. The molecule has 0 bridgehead atoms. The number of fused-ring (bicyclic) bond motifs is 2. The highest BCUT2D eigenvalue weighted by molar-refractivity contribution is 5.86. The summed E-state index contributed by atoms with van der Waals surface area (Å²) in [6, 6.07) is 15.4. The van der Waals surface area contributed by atoms with Crippen molar-refractivity contribution >= 4 is 10.8 Å². The van der Waals surface area contributed by atoms with E-state index in [0.29, 0.717) is 0 Å². The highest BCUT2D eigenvalue weighted by Crippen LogP contribution is 2.60. The van der Waals surface area contributed by atoms with Gasteiger partial charge in [-0.25, -0.2) is 0 Å². The first-order valence-corrected chi connectivity index (χ1v) is 7.59. The average Bonchev–Trinajstić information content (AvgIpc) is 3.20. The molecule has 3 unspecified atom stereocenters. The van der Waals surface area contributed by atoms with Crippen LogP contribution in [0.4, 0.5) is 0 Å². The Kier molecular flexibility index (Phi) is 2.63. The van der Waals surface area contributed by atoms with E-state index in [-0.39, 0.29) is 6.04 Å². The molecular formula is C18H21N. The molecule has 1 nitrogen and oxygen atoms in total. The summed E-state index contributed by atoms with van der Waals surface area (Å²) < 4.78 is 0. The second-order valence-corrected chi connectivity index (χ2v) is 6.28. The van der Waals surface area contributed by atoms with Gasteiger partial charge in [-0.05, 0) is 46.9 Å². The van der Waals surface area contributed by atoms with Gasteiger partial charge in [-0.1, -0.05) is 55.3 Å². The van der Waals surface area contributed by atoms with E-state index < -0.39 is 0 Å². The maximum absolute atomic E-state index is 6.63. The van der Waals surface area contributed by atoms with Crippen LogP contribution < -0.4 is 5.73 Å². The molecule has 0 spiro atoms. The lowest BCUT2D eigenvalue weighted by Crippen LogP contribution is -2.14. The van der Waals surface area contributed by atoms with Crippen molar-refractivity contribution in [3.8, 4) is 0 Å². The zero-order valence-electron chi connectivity index (χ0n) is 11.3. The molecule has 0 radical (unpaired) electrons. The van der Waals surface area contributed by atoms with Crippen LogP contribution in [0, 0.1) is 17.8 Å². The molecule has 2 fully saturated rings. The summed E-state index contributed by atoms with van der Waals surface area (Å²) in [4.78, 5) is 0. The lowest BCUT2D eigenvalue weighted by molar-refractivity contribution is 0.480. The van der Waals surface area contributed by atoms with Crippen LogP contribution in [0.1, 0.15) is 37.3 Å². The predicted molar refractivity (Wildman–Crippen MR) is 79.8 cm³/mol. The third-order valence-corrected chi connectivity index (χ3v) is 5.32. The molecule has 4 rings (SSSR count). The van der Waals surface area contributed by atoms with Crippen molar-refractivity contribution in [2.24, 2.45) is 23.5 Å². The van der Waals surface area contributed by atoms with Gasteiger partial charge in [0, 0.05) is 6.04 Å². The molecule has 2 aliphatic carbocycles. The molecule has 0 aliphatic heterocycles. The quantitative estimate of drug-likeness (QED) is 0.847. The van der Waals surface area contributed by atoms with E-state index in [9.17, 15) is 0 Å². The van der Waals surface area contributed by atoms with Crippen LogP contribution in [0.2, 0.25) is 0 Å². The van der Waals surface area contributed by atoms with Gasteiger partial charge >= 0.3 is 0 Å². The van der Waals surface area contributed by atoms with Gasteiger partial charge in [-0.15, -0.1) is 0 Å². The molecule has 2 aromatic carbocycles. The van der Waals surface area contributed by atoms with E-state index >= 15 is 0 Å². The van der Waals surface area contributed by atoms with E-state index in [1.165, 1.54) is 42.0 Å². The lowest BCUT2D eigenvalue weighted by atomic mass is 9.95. The third-order valence-electron chi connectivity index (χ3n) is 5.32. The number of rotatable bonds is 2. The topological polar surface area (TPSA) is 26.0 Å². The molecule has 2 aliphatic rings. The zero-order chi connectivity index (χ0) is 12.8. The highest BCUT2D eigenvalue weighted by Gasteiger charge is 2.53. The van der Waals surface area contributed by atoms with Crippen LogP contribution in [0.15, 0.2) is 42.5 Å². The summed E-state index contributed by atoms with van der Waals surface area (Å²) in [5.41, 5.74) is 7.98. The van der Waals surface area contributed by atoms with Crippen LogP contribution in [0.25, 0.3) is 10.8 Å². The summed E-state index contributed by atoms with van der Waals surface area (Å²) in [6.45, 7) is 0. The van der Waals surface area contributed by atoms with E-state index in [0.717, 1.165) is 17.8 Å². The fourth-order valence-corrected chi connectivity index (χ4v) is 4.33. The van der Waals surface area contributed by atoms with Crippen LogP contribution in [-0.2, 0) is 0 Å². The number of hydrogen-bond acceptors (Lipinski definition) is 1. The normalized spacial score (nSPS) is 30.9. The van der Waals surface area contributed by atoms with Gasteiger partial charge in [0.05, 0.1) is 0 Å². The Bertz CT molecular complexity index is 586. The molecule has 0 heterocycles. The van der Waals surface area contributed by atoms with Crippen LogP contribution in [0.5, 0.6) is 0 Å². The van der Waals surface area contributed by atoms with E-state index in [4.69, 9.17) is 5.73 Å². The van der Waals surface area contributed by atoms with Crippen molar-refractivity contribution < 1.29 is 0 Å². The number of nitrogens with two attached hydrogens (primary N) is 1. The minimum absolute atomic E-state index is 0.235. The van der Waals surface area contributed by atoms with E-state index in [1.807, 2.05) is 0 Å². The maximum atomic E-state index is 6.63. The summed E-state index contributed by atoms with van der Waals surface area (Å²) in [6.07, 6.45) is 5.65. The monoisotopic (exact) mass is 251 g/mol. The van der Waals surface area contributed by atoms with Crippen molar-refractivity contribution in [3.05, 3.63) is 48.0 Å². The fourth-order valence-electron chi connectivity index (χ4n) is 4.33. The number of benzene rings is 2. The largest absolute Gasteiger partial charge is 0.324 e. The summed E-state index contributed by atoms with van der Waals surface area (Å²) in [5, 5.41) is 2.67. The molecule has 19 heavy (non-hydrogen) atoms. The molecule has 0 saturated heterocycles. The van der Waals surface area contributed by atoms with Gasteiger partial charge in [0.2, 0.25) is 0 Å². The Balaban J connectivity index is 1.71. The maximum Gasteiger partial charge on any atom is 0.0335 e. The van der Waals surface area contributed by atoms with Crippen LogP contribution in [-0.4, -0.2) is 0 Å². The van der Waals surface area contributed by atoms with Gasteiger partial charge in [-0.3, -0.25) is 0 Å². The van der Waals surface area contributed by atoms with Crippen LogP contribution >= 0.6 is 0 Å². The Morgan fingerprint density at radius 3 is 2.37 bits per heavy atom. The lowest BCUT2D eigenvalue weighted by Gasteiger charge is -2.15. The molecule has 2 saturated carbocycles. The van der Waals surface area contributed by atoms with Gasteiger partial charge in [-0.2, -0.15) is 0 Å². The van der Waals surface area contributed by atoms with Crippen molar-refractivity contribution in [2.75, 3.05) is 0 Å². The molecule has 0 amide bonds. The standard InChI is InChI=1S/C18H21N/c19-18(17-14-9-3-4-10-15(14)17)16-11-5-7-12-6-1-2-8-13(12)16/h1-2,5-8,11,14-15,17-18H,3-4,9-10,19H2. The molecule has 3 atom stereocenters. The van der Waals surface area contributed by atoms with E-state index in [1.54, 1.807) is 0 Å². The second kappa shape index (κ2) is 4.35. The Labute approximate surface area is 114 Å². The molecule has 2 N–H and O–H groups in total. The first-order chi connectivity index (χ1) is 9.36. The Morgan fingerprint density at radius 2 is 1.58 bits per heavy atom. The zero-order valence-corrected chi connectivity index (χ0v) is 11.3. The predicted octanol–water partition coefficient (Wildman–Crippen LogP) is 4.28. The van der Waals surface area contributed by atoms with E-state index in [2.05, 4.69) is 42.5 Å². The SMILES string of the molecule is NC(c1cccc2ccccc12)C1C2CCCCC21. The Hall–Kier alpha value is -1.34. The molecule has 2 aromatic rings. The smallest absolute Gasteiger partial charge is 0.0335 e. The minimum atomic E-state index is 0.235. The Morgan fingerprint density at radius 1 is 0.895 bits per heavy atom. The second-order valence-electron chi connectivity index (χ2n) is 6.28. The third kappa shape index (κ3) is 1.80. The molecule has 1 heteroatoms. The average molecular weight is 251 g/mol.